The standard InChI is InChI=1S/C14H16F3NO2S/c15-14(16,17)21-12-5-1-10(2-6-12)9-18(11-3-4-11)8-7-13(19)20/h1-2,5-6,11H,3-4,7-9H2,(H,19,20). The summed E-state index contributed by atoms with van der Waals surface area (Å²) in [6, 6.07) is 6.66. The van der Waals surface area contributed by atoms with Crippen LogP contribution in [0.2, 0.25) is 0 Å². The predicted molar refractivity (Wildman–Crippen MR) is 74.0 cm³/mol. The predicted octanol–water partition coefficient (Wildman–Crippen LogP) is 3.74. The lowest BCUT2D eigenvalue weighted by Gasteiger charge is -2.21. The quantitative estimate of drug-likeness (QED) is 0.777. The van der Waals surface area contributed by atoms with E-state index in [2.05, 4.69) is 4.90 Å². The van der Waals surface area contributed by atoms with Crippen LogP contribution in [0.15, 0.2) is 29.2 Å². The number of halogens is 3. The van der Waals surface area contributed by atoms with Crippen LogP contribution >= 0.6 is 11.8 Å². The maximum Gasteiger partial charge on any atom is 0.446 e. The number of alkyl halides is 3. The molecule has 1 aliphatic carbocycles. The summed E-state index contributed by atoms with van der Waals surface area (Å²) in [6.07, 6.45) is 2.20. The number of aliphatic carboxylic acids is 1. The third-order valence-electron chi connectivity index (χ3n) is 3.22. The minimum absolute atomic E-state index is 0.0819. The van der Waals surface area contributed by atoms with Gasteiger partial charge < -0.3 is 5.11 Å². The van der Waals surface area contributed by atoms with Gasteiger partial charge in [0.05, 0.1) is 6.42 Å². The van der Waals surface area contributed by atoms with Gasteiger partial charge in [0.25, 0.3) is 0 Å². The van der Waals surface area contributed by atoms with Gasteiger partial charge in [-0.3, -0.25) is 9.69 Å². The second-order valence-corrected chi connectivity index (χ2v) is 6.18. The molecule has 1 aliphatic rings. The first kappa shape index (κ1) is 16.2. The molecule has 0 atom stereocenters. The van der Waals surface area contributed by atoms with Crippen LogP contribution in [0.1, 0.15) is 24.8 Å². The summed E-state index contributed by atoms with van der Waals surface area (Å²) in [7, 11) is 0. The summed E-state index contributed by atoms with van der Waals surface area (Å²) >= 11 is -0.130. The van der Waals surface area contributed by atoms with Crippen LogP contribution in [0.3, 0.4) is 0 Å². The molecule has 0 aliphatic heterocycles. The molecule has 2 rings (SSSR count). The average Bonchev–Trinajstić information content (AvgIpc) is 3.18. The van der Waals surface area contributed by atoms with Gasteiger partial charge in [-0.15, -0.1) is 0 Å². The van der Waals surface area contributed by atoms with Crippen molar-refractivity contribution in [1.82, 2.24) is 4.90 Å². The van der Waals surface area contributed by atoms with Gasteiger partial charge in [-0.05, 0) is 42.3 Å². The van der Waals surface area contributed by atoms with Gasteiger partial charge in [0, 0.05) is 24.0 Å². The van der Waals surface area contributed by atoms with E-state index in [-0.39, 0.29) is 23.1 Å². The fraction of sp³-hybridized carbons (Fsp3) is 0.500. The molecule has 1 aromatic carbocycles. The molecule has 0 radical (unpaired) electrons. The number of benzene rings is 1. The Kier molecular flexibility index (Phi) is 5.16. The van der Waals surface area contributed by atoms with E-state index in [1.807, 2.05) is 0 Å². The van der Waals surface area contributed by atoms with Gasteiger partial charge in [0.15, 0.2) is 0 Å². The second kappa shape index (κ2) is 6.70. The molecule has 1 saturated carbocycles. The molecular weight excluding hydrogens is 303 g/mol. The Balaban J connectivity index is 1.92. The second-order valence-electron chi connectivity index (χ2n) is 5.04. The van der Waals surface area contributed by atoms with Crippen molar-refractivity contribution < 1.29 is 23.1 Å². The van der Waals surface area contributed by atoms with E-state index in [0.29, 0.717) is 19.1 Å². The smallest absolute Gasteiger partial charge is 0.446 e. The first-order valence-corrected chi connectivity index (χ1v) is 7.46. The summed E-state index contributed by atoms with van der Waals surface area (Å²) < 4.78 is 36.7. The highest BCUT2D eigenvalue weighted by Crippen LogP contribution is 2.37. The van der Waals surface area contributed by atoms with Gasteiger partial charge >= 0.3 is 11.5 Å². The van der Waals surface area contributed by atoms with Crippen LogP contribution < -0.4 is 0 Å². The van der Waals surface area contributed by atoms with Crippen LogP contribution in [0.4, 0.5) is 13.2 Å². The van der Waals surface area contributed by atoms with E-state index in [1.54, 1.807) is 12.1 Å². The highest BCUT2D eigenvalue weighted by atomic mass is 32.2. The van der Waals surface area contributed by atoms with Crippen molar-refractivity contribution in [3.63, 3.8) is 0 Å². The van der Waals surface area contributed by atoms with Crippen LogP contribution in [-0.2, 0) is 11.3 Å². The summed E-state index contributed by atoms with van der Waals surface area (Å²) in [5.74, 6) is -0.836. The van der Waals surface area contributed by atoms with E-state index in [0.717, 1.165) is 18.4 Å². The zero-order valence-electron chi connectivity index (χ0n) is 11.3. The summed E-state index contributed by atoms with van der Waals surface area (Å²) in [6.45, 7) is 1.05. The normalized spacial score (nSPS) is 15.4. The van der Waals surface area contributed by atoms with Gasteiger partial charge in [-0.1, -0.05) is 12.1 Å². The maximum atomic E-state index is 12.2. The Bertz CT molecular complexity index is 486. The third kappa shape index (κ3) is 5.97. The molecule has 0 saturated heterocycles. The van der Waals surface area contributed by atoms with E-state index in [1.165, 1.54) is 12.1 Å². The molecule has 0 amide bonds. The van der Waals surface area contributed by atoms with Crippen LogP contribution in [-0.4, -0.2) is 34.1 Å². The highest BCUT2D eigenvalue weighted by molar-refractivity contribution is 8.00. The first-order valence-electron chi connectivity index (χ1n) is 6.64. The summed E-state index contributed by atoms with van der Waals surface area (Å²) in [5.41, 5.74) is -3.37. The van der Waals surface area contributed by atoms with E-state index >= 15 is 0 Å². The number of hydrogen-bond acceptors (Lipinski definition) is 3. The number of carboxylic acid groups (broad SMARTS) is 1. The van der Waals surface area contributed by atoms with E-state index in [4.69, 9.17) is 5.11 Å². The molecule has 0 bridgehead atoms. The lowest BCUT2D eigenvalue weighted by molar-refractivity contribution is -0.137. The Hall–Kier alpha value is -1.21. The number of hydrogen-bond donors (Lipinski definition) is 1. The lowest BCUT2D eigenvalue weighted by atomic mass is 10.2. The number of nitrogens with zero attached hydrogens (tertiary/aromatic N) is 1. The van der Waals surface area contributed by atoms with E-state index in [9.17, 15) is 18.0 Å². The molecule has 0 heterocycles. The minimum atomic E-state index is -4.27. The maximum absolute atomic E-state index is 12.2. The van der Waals surface area contributed by atoms with Crippen molar-refractivity contribution in [2.45, 2.75) is 42.3 Å². The largest absolute Gasteiger partial charge is 0.481 e. The first-order chi connectivity index (χ1) is 9.83. The van der Waals surface area contributed by atoms with Gasteiger partial charge in [0.1, 0.15) is 0 Å². The van der Waals surface area contributed by atoms with Gasteiger partial charge in [0.2, 0.25) is 0 Å². The summed E-state index contributed by atoms with van der Waals surface area (Å²) in [4.78, 5) is 12.9. The van der Waals surface area contributed by atoms with Crippen molar-refractivity contribution >= 4 is 17.7 Å². The van der Waals surface area contributed by atoms with E-state index < -0.39 is 11.5 Å². The Labute approximate surface area is 125 Å². The molecule has 1 N–H and O–H groups in total. The van der Waals surface area contributed by atoms with Crippen LogP contribution in [0.25, 0.3) is 0 Å². The molecule has 3 nitrogen and oxygen atoms in total. The highest BCUT2D eigenvalue weighted by Gasteiger charge is 2.30. The van der Waals surface area contributed by atoms with Crippen molar-refractivity contribution in [2.75, 3.05) is 6.54 Å². The molecular formula is C14H16F3NO2S. The lowest BCUT2D eigenvalue weighted by Crippen LogP contribution is -2.28. The number of carbonyl (C=O) groups is 1. The monoisotopic (exact) mass is 319 g/mol. The molecule has 116 valence electrons. The van der Waals surface area contributed by atoms with Crippen LogP contribution in [0, 0.1) is 0 Å². The summed E-state index contributed by atoms with van der Waals surface area (Å²) in [5, 5.41) is 8.74. The Morgan fingerprint density at radius 3 is 2.38 bits per heavy atom. The van der Waals surface area contributed by atoms with Crippen molar-refractivity contribution in [3.05, 3.63) is 29.8 Å². The van der Waals surface area contributed by atoms with Gasteiger partial charge in [-0.25, -0.2) is 0 Å². The average molecular weight is 319 g/mol. The molecule has 21 heavy (non-hydrogen) atoms. The SMILES string of the molecule is O=C(O)CCN(Cc1ccc(SC(F)(F)F)cc1)C1CC1. The molecule has 0 spiro atoms. The molecule has 7 heteroatoms. The molecule has 1 fully saturated rings. The minimum Gasteiger partial charge on any atom is -0.481 e. The molecule has 0 unspecified atom stereocenters. The van der Waals surface area contributed by atoms with Crippen LogP contribution in [0.5, 0.6) is 0 Å². The number of carboxylic acids is 1. The molecule has 0 aromatic heterocycles. The zero-order chi connectivity index (χ0) is 15.5. The van der Waals surface area contributed by atoms with Crippen molar-refractivity contribution in [1.29, 1.82) is 0 Å². The number of thioether (sulfide) groups is 1. The van der Waals surface area contributed by atoms with Crippen molar-refractivity contribution in [3.8, 4) is 0 Å². The fourth-order valence-electron chi connectivity index (χ4n) is 2.10. The van der Waals surface area contributed by atoms with Gasteiger partial charge in [-0.2, -0.15) is 13.2 Å². The van der Waals surface area contributed by atoms with Crippen molar-refractivity contribution in [2.24, 2.45) is 0 Å². The third-order valence-corrected chi connectivity index (χ3v) is 3.96. The molecule has 1 aromatic rings. The topological polar surface area (TPSA) is 40.5 Å². The fourth-order valence-corrected chi connectivity index (χ4v) is 2.64. The Morgan fingerprint density at radius 2 is 1.90 bits per heavy atom. The Morgan fingerprint density at radius 1 is 1.29 bits per heavy atom. The zero-order valence-corrected chi connectivity index (χ0v) is 12.1. The number of rotatable bonds is 7.